The monoisotopic (exact) mass is 567 g/mol. The summed E-state index contributed by atoms with van der Waals surface area (Å²) in [5.41, 5.74) is 1.98. The average molecular weight is 568 g/mol. The number of nitrogens with zero attached hydrogens (tertiary/aromatic N) is 1. The van der Waals surface area contributed by atoms with Gasteiger partial charge in [-0.1, -0.05) is 35.3 Å². The van der Waals surface area contributed by atoms with Crippen molar-refractivity contribution in [1.82, 2.24) is 10.6 Å². The highest BCUT2D eigenvalue weighted by Gasteiger charge is 2.10. The quantitative estimate of drug-likeness (QED) is 0.230. The molecule has 0 radical (unpaired) electrons. The minimum Gasteiger partial charge on any atom is -0.493 e. The van der Waals surface area contributed by atoms with Crippen molar-refractivity contribution in [3.63, 3.8) is 0 Å². The first kappa shape index (κ1) is 26.6. The Bertz CT molecular complexity index is 837. The Morgan fingerprint density at radius 3 is 2.53 bits per heavy atom. The van der Waals surface area contributed by atoms with E-state index in [0.29, 0.717) is 34.0 Å². The van der Waals surface area contributed by atoms with Gasteiger partial charge in [0.15, 0.2) is 17.5 Å². The van der Waals surface area contributed by atoms with Crippen molar-refractivity contribution in [2.75, 3.05) is 26.9 Å². The van der Waals surface area contributed by atoms with Crippen molar-refractivity contribution in [1.29, 1.82) is 0 Å². The second kappa shape index (κ2) is 13.8. The van der Waals surface area contributed by atoms with Crippen LogP contribution in [-0.2, 0) is 6.54 Å². The van der Waals surface area contributed by atoms with Crippen LogP contribution >= 0.6 is 47.2 Å². The van der Waals surface area contributed by atoms with Crippen molar-refractivity contribution in [3.05, 3.63) is 57.6 Å². The Hall–Kier alpha value is -1.42. The average Bonchev–Trinajstić information content (AvgIpc) is 2.72. The highest BCUT2D eigenvalue weighted by atomic mass is 127. The normalized spacial score (nSPS) is 12.0. The van der Waals surface area contributed by atoms with Gasteiger partial charge in [0.25, 0.3) is 0 Å². The van der Waals surface area contributed by atoms with Crippen LogP contribution in [0.5, 0.6) is 11.5 Å². The van der Waals surface area contributed by atoms with E-state index < -0.39 is 0 Å². The summed E-state index contributed by atoms with van der Waals surface area (Å²) in [5.74, 6) is 1.88. The van der Waals surface area contributed by atoms with E-state index in [0.717, 1.165) is 17.7 Å². The Morgan fingerprint density at radius 1 is 1.13 bits per heavy atom. The predicted octanol–water partition coefficient (Wildman–Crippen LogP) is 4.81. The van der Waals surface area contributed by atoms with E-state index >= 15 is 0 Å². The number of ether oxygens (including phenoxy) is 2. The molecule has 0 saturated heterocycles. The molecule has 1 unspecified atom stereocenters. The third-order valence-corrected chi connectivity index (χ3v) is 4.88. The van der Waals surface area contributed by atoms with Crippen LogP contribution in [0.3, 0.4) is 0 Å². The Morgan fingerprint density at radius 2 is 1.90 bits per heavy atom. The predicted molar refractivity (Wildman–Crippen MR) is 134 cm³/mol. The number of benzene rings is 2. The molecule has 0 aromatic heterocycles. The van der Waals surface area contributed by atoms with Crippen molar-refractivity contribution in [2.24, 2.45) is 4.99 Å². The molecule has 2 rings (SSSR count). The number of aliphatic hydroxyl groups is 1. The number of aliphatic hydroxyl groups excluding tert-OH is 1. The minimum absolute atomic E-state index is 0. The van der Waals surface area contributed by atoms with Gasteiger partial charge >= 0.3 is 0 Å². The Labute approximate surface area is 205 Å². The SMILES string of the molecule is CCNC(=NCc1ccc(OCCO)c(OC)c1)NC(C)c1ccc(Cl)c(Cl)c1.I. The number of aliphatic imine (C=N–C) groups is 1. The lowest BCUT2D eigenvalue weighted by atomic mass is 10.1. The van der Waals surface area contributed by atoms with Gasteiger partial charge in [-0.2, -0.15) is 0 Å². The van der Waals surface area contributed by atoms with E-state index in [1.54, 1.807) is 13.2 Å². The van der Waals surface area contributed by atoms with Gasteiger partial charge in [-0.15, -0.1) is 24.0 Å². The number of rotatable bonds is 9. The summed E-state index contributed by atoms with van der Waals surface area (Å²) in [6.07, 6.45) is 0. The van der Waals surface area contributed by atoms with Crippen LogP contribution in [-0.4, -0.2) is 37.9 Å². The van der Waals surface area contributed by atoms with Gasteiger partial charge in [0.1, 0.15) is 6.61 Å². The van der Waals surface area contributed by atoms with Crippen LogP contribution in [0.15, 0.2) is 41.4 Å². The van der Waals surface area contributed by atoms with Gasteiger partial charge in [-0.05, 0) is 49.2 Å². The highest BCUT2D eigenvalue weighted by molar-refractivity contribution is 14.0. The maximum Gasteiger partial charge on any atom is 0.192 e. The van der Waals surface area contributed by atoms with E-state index in [1.165, 1.54) is 0 Å². The molecule has 0 saturated carbocycles. The van der Waals surface area contributed by atoms with Gasteiger partial charge in [0.05, 0.1) is 36.3 Å². The molecule has 1 atom stereocenters. The van der Waals surface area contributed by atoms with E-state index in [-0.39, 0.29) is 43.2 Å². The fourth-order valence-corrected chi connectivity index (χ4v) is 2.95. The van der Waals surface area contributed by atoms with Crippen LogP contribution in [0.1, 0.15) is 31.0 Å². The van der Waals surface area contributed by atoms with Gasteiger partial charge < -0.3 is 25.2 Å². The van der Waals surface area contributed by atoms with Crippen molar-refractivity contribution in [3.8, 4) is 11.5 Å². The smallest absolute Gasteiger partial charge is 0.192 e. The molecule has 9 heteroatoms. The Balaban J connectivity index is 0.00000450. The van der Waals surface area contributed by atoms with Crippen LogP contribution in [0.25, 0.3) is 0 Å². The summed E-state index contributed by atoms with van der Waals surface area (Å²) in [4.78, 5) is 4.66. The topological polar surface area (TPSA) is 75.1 Å². The summed E-state index contributed by atoms with van der Waals surface area (Å²) in [6.45, 7) is 5.40. The Kier molecular flexibility index (Phi) is 12.2. The number of methoxy groups -OCH3 is 1. The zero-order valence-corrected chi connectivity index (χ0v) is 21.1. The van der Waals surface area contributed by atoms with Crippen LogP contribution in [0.4, 0.5) is 0 Å². The summed E-state index contributed by atoms with van der Waals surface area (Å²) >= 11 is 12.1. The van der Waals surface area contributed by atoms with Crippen molar-refractivity contribution >= 4 is 53.1 Å². The van der Waals surface area contributed by atoms with Gasteiger partial charge in [-0.3, -0.25) is 0 Å². The number of nitrogens with one attached hydrogen (secondary N) is 2. The van der Waals surface area contributed by atoms with Gasteiger partial charge in [0, 0.05) is 6.54 Å². The molecule has 2 aromatic carbocycles. The largest absolute Gasteiger partial charge is 0.493 e. The van der Waals surface area contributed by atoms with Gasteiger partial charge in [0.2, 0.25) is 0 Å². The van der Waals surface area contributed by atoms with Crippen molar-refractivity contribution < 1.29 is 14.6 Å². The zero-order valence-electron chi connectivity index (χ0n) is 17.2. The molecule has 0 aliphatic heterocycles. The van der Waals surface area contributed by atoms with E-state index in [2.05, 4.69) is 15.6 Å². The molecule has 6 nitrogen and oxygen atoms in total. The summed E-state index contributed by atoms with van der Waals surface area (Å²) in [7, 11) is 1.58. The number of halogens is 3. The number of hydrogen-bond donors (Lipinski definition) is 3. The fraction of sp³-hybridized carbons (Fsp3) is 0.381. The molecule has 2 aromatic rings. The molecule has 0 heterocycles. The molecular formula is C21H28Cl2IN3O3. The first-order valence-corrected chi connectivity index (χ1v) is 10.1. The third-order valence-electron chi connectivity index (χ3n) is 4.14. The number of guanidine groups is 1. The first-order valence-electron chi connectivity index (χ1n) is 9.38. The summed E-state index contributed by atoms with van der Waals surface area (Å²) in [5, 5.41) is 16.6. The minimum atomic E-state index is -0.0517. The van der Waals surface area contributed by atoms with Crippen molar-refractivity contribution in [2.45, 2.75) is 26.4 Å². The molecular weight excluding hydrogens is 540 g/mol. The molecule has 0 amide bonds. The molecule has 0 bridgehead atoms. The lowest BCUT2D eigenvalue weighted by molar-refractivity contribution is 0.196. The molecule has 0 fully saturated rings. The molecule has 0 aliphatic rings. The highest BCUT2D eigenvalue weighted by Crippen LogP contribution is 2.28. The molecule has 30 heavy (non-hydrogen) atoms. The van der Waals surface area contributed by atoms with Crippen LogP contribution in [0.2, 0.25) is 10.0 Å². The zero-order chi connectivity index (χ0) is 21.2. The van der Waals surface area contributed by atoms with E-state index in [9.17, 15) is 0 Å². The first-order chi connectivity index (χ1) is 14.0. The van der Waals surface area contributed by atoms with Gasteiger partial charge in [-0.25, -0.2) is 4.99 Å². The second-order valence-electron chi connectivity index (χ2n) is 6.29. The molecule has 0 aliphatic carbocycles. The summed E-state index contributed by atoms with van der Waals surface area (Å²) < 4.78 is 10.8. The summed E-state index contributed by atoms with van der Waals surface area (Å²) in [6, 6.07) is 11.2. The lowest BCUT2D eigenvalue weighted by Crippen LogP contribution is -2.38. The fourth-order valence-electron chi connectivity index (χ4n) is 2.65. The maximum atomic E-state index is 8.91. The van der Waals surface area contributed by atoms with E-state index in [4.69, 9.17) is 37.8 Å². The lowest BCUT2D eigenvalue weighted by Gasteiger charge is -2.19. The molecule has 3 N–H and O–H groups in total. The third kappa shape index (κ3) is 8.02. The molecule has 0 spiro atoms. The van der Waals surface area contributed by atoms with Crippen LogP contribution in [0, 0.1) is 0 Å². The maximum absolute atomic E-state index is 8.91. The number of hydrogen-bond acceptors (Lipinski definition) is 4. The molecule has 166 valence electrons. The standard InChI is InChI=1S/C21H27Cl2N3O3.HI/c1-4-24-21(26-14(2)16-6-7-17(22)18(23)12-16)25-13-15-5-8-19(29-10-9-27)20(11-15)28-3;/h5-8,11-12,14,27H,4,9-10,13H2,1-3H3,(H2,24,25,26);1H. The van der Waals surface area contributed by atoms with Crippen LogP contribution < -0.4 is 20.1 Å². The second-order valence-corrected chi connectivity index (χ2v) is 7.11. The van der Waals surface area contributed by atoms with E-state index in [1.807, 2.05) is 44.2 Å².